The number of ether oxygens (including phenoxy) is 2. The molecule has 6 heteroatoms. The molecule has 1 aliphatic rings. The summed E-state index contributed by atoms with van der Waals surface area (Å²) in [6.45, 7) is 3.41. The van der Waals surface area contributed by atoms with Crippen LogP contribution in [0.3, 0.4) is 0 Å². The van der Waals surface area contributed by atoms with Crippen LogP contribution in [-0.2, 0) is 11.2 Å². The third-order valence-corrected chi connectivity index (χ3v) is 4.86. The van der Waals surface area contributed by atoms with Crippen molar-refractivity contribution in [1.82, 2.24) is 15.0 Å². The van der Waals surface area contributed by atoms with Crippen LogP contribution in [-0.4, -0.2) is 34.3 Å². The van der Waals surface area contributed by atoms with Gasteiger partial charge in [-0.1, -0.05) is 6.07 Å². The van der Waals surface area contributed by atoms with E-state index in [2.05, 4.69) is 27.1 Å². The Bertz CT molecular complexity index is 1040. The lowest BCUT2D eigenvalue weighted by atomic mass is 10.1. The summed E-state index contributed by atoms with van der Waals surface area (Å²) in [6.07, 6.45) is 7.80. The van der Waals surface area contributed by atoms with Gasteiger partial charge in [0.1, 0.15) is 23.7 Å². The molecule has 1 saturated heterocycles. The highest BCUT2D eigenvalue weighted by molar-refractivity contribution is 5.64. The first-order valence-corrected chi connectivity index (χ1v) is 9.72. The van der Waals surface area contributed by atoms with Gasteiger partial charge in [-0.2, -0.15) is 5.26 Å². The molecule has 3 aromatic rings. The van der Waals surface area contributed by atoms with Crippen molar-refractivity contribution in [1.29, 1.82) is 5.26 Å². The summed E-state index contributed by atoms with van der Waals surface area (Å²) in [7, 11) is 0. The summed E-state index contributed by atoms with van der Waals surface area (Å²) in [5.74, 6) is 1.33. The van der Waals surface area contributed by atoms with Gasteiger partial charge < -0.3 is 9.47 Å². The van der Waals surface area contributed by atoms with Crippen LogP contribution in [0.2, 0.25) is 0 Å². The van der Waals surface area contributed by atoms with E-state index in [1.807, 2.05) is 43.6 Å². The van der Waals surface area contributed by atoms with E-state index in [1.165, 1.54) is 0 Å². The zero-order valence-electron chi connectivity index (χ0n) is 16.3. The molecule has 4 rings (SSSR count). The van der Waals surface area contributed by atoms with Crippen LogP contribution in [0.5, 0.6) is 5.75 Å². The van der Waals surface area contributed by atoms with Gasteiger partial charge in [-0.05, 0) is 42.3 Å². The molecular formula is C23H22N4O2. The van der Waals surface area contributed by atoms with Crippen LogP contribution in [0.25, 0.3) is 11.3 Å². The maximum atomic E-state index is 9.60. The number of rotatable bonds is 5. The molecule has 1 fully saturated rings. The molecule has 1 aromatic carbocycles. The van der Waals surface area contributed by atoms with Crippen molar-refractivity contribution in [3.63, 3.8) is 0 Å². The highest BCUT2D eigenvalue weighted by Crippen LogP contribution is 2.27. The van der Waals surface area contributed by atoms with Crippen molar-refractivity contribution in [3.8, 4) is 23.1 Å². The van der Waals surface area contributed by atoms with Gasteiger partial charge in [0, 0.05) is 43.4 Å². The van der Waals surface area contributed by atoms with Gasteiger partial charge >= 0.3 is 0 Å². The van der Waals surface area contributed by atoms with Crippen molar-refractivity contribution in [2.75, 3.05) is 13.2 Å². The minimum atomic E-state index is 0.0929. The highest BCUT2D eigenvalue weighted by atomic mass is 16.5. The second-order valence-electron chi connectivity index (χ2n) is 7.16. The number of nitriles is 1. The highest BCUT2D eigenvalue weighted by Gasteiger charge is 2.17. The fourth-order valence-electron chi connectivity index (χ4n) is 3.39. The quantitative estimate of drug-likeness (QED) is 0.662. The molecule has 0 atom stereocenters. The Hall–Kier alpha value is -3.30. The van der Waals surface area contributed by atoms with Crippen LogP contribution in [0.1, 0.15) is 35.4 Å². The molecule has 3 heterocycles. The van der Waals surface area contributed by atoms with Crippen LogP contribution in [0, 0.1) is 18.3 Å². The molecule has 0 spiro atoms. The molecule has 0 radical (unpaired) electrons. The molecule has 0 aliphatic carbocycles. The minimum Gasteiger partial charge on any atom is -0.489 e. The second kappa shape index (κ2) is 8.80. The third-order valence-electron chi connectivity index (χ3n) is 4.86. The topological polar surface area (TPSA) is 80.9 Å². The first-order valence-electron chi connectivity index (χ1n) is 9.72. The van der Waals surface area contributed by atoms with Gasteiger partial charge in [-0.3, -0.25) is 4.98 Å². The number of hydrogen-bond acceptors (Lipinski definition) is 6. The van der Waals surface area contributed by atoms with Crippen molar-refractivity contribution in [2.24, 2.45) is 0 Å². The number of nitrogens with zero attached hydrogens (tertiary/aromatic N) is 4. The lowest BCUT2D eigenvalue weighted by molar-refractivity contribution is 0.0254. The average Bonchev–Trinajstić information content (AvgIpc) is 2.75. The van der Waals surface area contributed by atoms with Gasteiger partial charge in [0.25, 0.3) is 0 Å². The van der Waals surface area contributed by atoms with Crippen molar-refractivity contribution in [2.45, 2.75) is 32.3 Å². The van der Waals surface area contributed by atoms with Gasteiger partial charge in [0.05, 0.1) is 24.5 Å². The number of benzene rings is 1. The Labute approximate surface area is 170 Å². The summed E-state index contributed by atoms with van der Waals surface area (Å²) in [5, 5.41) is 9.60. The van der Waals surface area contributed by atoms with Crippen LogP contribution >= 0.6 is 0 Å². The molecule has 0 bridgehead atoms. The molecular weight excluding hydrogens is 364 g/mol. The number of hydrogen-bond donors (Lipinski definition) is 0. The number of pyridine rings is 1. The van der Waals surface area contributed by atoms with Gasteiger partial charge in [0.2, 0.25) is 0 Å². The largest absolute Gasteiger partial charge is 0.489 e. The van der Waals surface area contributed by atoms with E-state index in [0.29, 0.717) is 30.9 Å². The monoisotopic (exact) mass is 386 g/mol. The van der Waals surface area contributed by atoms with Crippen LogP contribution in [0.4, 0.5) is 0 Å². The lowest BCUT2D eigenvalue weighted by Crippen LogP contribution is -2.26. The average molecular weight is 386 g/mol. The van der Waals surface area contributed by atoms with E-state index in [-0.39, 0.29) is 6.10 Å². The predicted octanol–water partition coefficient (Wildman–Crippen LogP) is 3.87. The summed E-state index contributed by atoms with van der Waals surface area (Å²) in [4.78, 5) is 13.3. The normalized spacial score (nSPS) is 14.3. The number of aryl methyl sites for hydroxylation is 1. The zero-order valence-corrected chi connectivity index (χ0v) is 16.3. The molecule has 29 heavy (non-hydrogen) atoms. The molecule has 6 nitrogen and oxygen atoms in total. The summed E-state index contributed by atoms with van der Waals surface area (Å²) in [5.41, 5.74) is 4.34. The molecule has 0 N–H and O–H groups in total. The minimum absolute atomic E-state index is 0.0929. The third kappa shape index (κ3) is 4.76. The van der Waals surface area contributed by atoms with E-state index >= 15 is 0 Å². The first kappa shape index (κ1) is 19.0. The fourth-order valence-corrected chi connectivity index (χ4v) is 3.39. The predicted molar refractivity (Wildman–Crippen MR) is 108 cm³/mol. The number of aromatic nitrogens is 3. The zero-order chi connectivity index (χ0) is 20.1. The molecule has 0 unspecified atom stereocenters. The fraction of sp³-hybridized carbons (Fsp3) is 0.304. The second-order valence-corrected chi connectivity index (χ2v) is 7.16. The van der Waals surface area contributed by atoms with Gasteiger partial charge in [-0.15, -0.1) is 0 Å². The van der Waals surface area contributed by atoms with E-state index in [9.17, 15) is 5.26 Å². The van der Waals surface area contributed by atoms with Gasteiger partial charge in [-0.25, -0.2) is 9.97 Å². The van der Waals surface area contributed by atoms with E-state index < -0.39 is 0 Å². The van der Waals surface area contributed by atoms with E-state index in [4.69, 9.17) is 9.47 Å². The molecule has 146 valence electrons. The Morgan fingerprint density at radius 2 is 2.03 bits per heavy atom. The molecule has 0 saturated carbocycles. The van der Waals surface area contributed by atoms with E-state index in [1.54, 1.807) is 6.20 Å². The Balaban J connectivity index is 1.55. The Kier molecular flexibility index (Phi) is 5.78. The Morgan fingerprint density at radius 3 is 2.83 bits per heavy atom. The summed E-state index contributed by atoms with van der Waals surface area (Å²) < 4.78 is 11.4. The maximum absolute atomic E-state index is 9.60. The van der Waals surface area contributed by atoms with Gasteiger partial charge in [0.15, 0.2) is 0 Å². The maximum Gasteiger partial charge on any atom is 0.137 e. The molecule has 1 aliphatic heterocycles. The first-order chi connectivity index (χ1) is 14.2. The lowest BCUT2D eigenvalue weighted by Gasteiger charge is -2.23. The van der Waals surface area contributed by atoms with E-state index in [0.717, 1.165) is 41.1 Å². The molecule has 0 amide bonds. The van der Waals surface area contributed by atoms with Crippen LogP contribution < -0.4 is 4.74 Å². The van der Waals surface area contributed by atoms with Crippen molar-refractivity contribution >= 4 is 0 Å². The van der Waals surface area contributed by atoms with Crippen LogP contribution in [0.15, 0.2) is 48.9 Å². The SMILES string of the molecule is Cc1cncc(Cc2nccc(-c3ccc(OC4CCOCC4)c(C#N)c3)n2)c1. The van der Waals surface area contributed by atoms with Crippen molar-refractivity contribution in [3.05, 3.63) is 71.4 Å². The summed E-state index contributed by atoms with van der Waals surface area (Å²) in [6, 6.07) is 11.8. The Morgan fingerprint density at radius 1 is 1.17 bits per heavy atom. The van der Waals surface area contributed by atoms with Crippen molar-refractivity contribution < 1.29 is 9.47 Å². The standard InChI is InChI=1S/C23H22N4O2/c1-16-10-17(15-25-14-16)11-23-26-7-4-21(27-23)18-2-3-22(19(12-18)13-24)29-20-5-8-28-9-6-20/h2-4,7,10,12,14-15,20H,5-6,8-9,11H2,1H3. The molecule has 2 aromatic heterocycles. The smallest absolute Gasteiger partial charge is 0.137 e. The summed E-state index contributed by atoms with van der Waals surface area (Å²) >= 11 is 0.